The van der Waals surface area contributed by atoms with Crippen molar-refractivity contribution in [3.05, 3.63) is 11.8 Å². The van der Waals surface area contributed by atoms with Gasteiger partial charge in [0.05, 0.1) is 11.8 Å². The van der Waals surface area contributed by atoms with Crippen molar-refractivity contribution >= 4 is 29.1 Å². The van der Waals surface area contributed by atoms with Crippen molar-refractivity contribution < 1.29 is 4.79 Å². The molecule has 1 fully saturated rings. The van der Waals surface area contributed by atoms with E-state index in [1.165, 1.54) is 12.6 Å². The number of thiocarbonyl (C=S) groups is 1. The zero-order valence-corrected chi connectivity index (χ0v) is 11.1. The molecule has 6 nitrogen and oxygen atoms in total. The number of nitrogens with zero attached hydrogens (tertiary/aromatic N) is 2. The number of amides is 2. The lowest BCUT2D eigenvalue weighted by molar-refractivity contribution is 0.182. The van der Waals surface area contributed by atoms with Crippen LogP contribution in [0.2, 0.25) is 0 Å². The summed E-state index contributed by atoms with van der Waals surface area (Å²) in [6, 6.07) is -0.136. The first-order chi connectivity index (χ1) is 8.58. The number of likely N-dealkylation sites (tertiary alicyclic amines) is 1. The molecule has 4 N–H and O–H groups in total. The molecule has 0 saturated carbocycles. The van der Waals surface area contributed by atoms with Crippen LogP contribution in [0, 0.1) is 5.92 Å². The lowest BCUT2D eigenvalue weighted by Gasteiger charge is -2.30. The van der Waals surface area contributed by atoms with Crippen molar-refractivity contribution in [1.82, 2.24) is 15.1 Å². The number of urea groups is 1. The average Bonchev–Trinajstić information content (AvgIpc) is 2.77. The van der Waals surface area contributed by atoms with E-state index in [-0.39, 0.29) is 11.0 Å². The van der Waals surface area contributed by atoms with Crippen LogP contribution >= 0.6 is 12.2 Å². The van der Waals surface area contributed by atoms with Gasteiger partial charge in [0, 0.05) is 13.1 Å². The maximum absolute atomic E-state index is 12.1. The Morgan fingerprint density at radius 1 is 1.72 bits per heavy atom. The van der Waals surface area contributed by atoms with E-state index in [0.29, 0.717) is 17.3 Å². The van der Waals surface area contributed by atoms with E-state index in [1.54, 1.807) is 4.90 Å². The van der Waals surface area contributed by atoms with E-state index >= 15 is 0 Å². The summed E-state index contributed by atoms with van der Waals surface area (Å²) in [4.78, 5) is 14.1. The van der Waals surface area contributed by atoms with Gasteiger partial charge in [-0.05, 0) is 18.8 Å². The number of nitrogens with two attached hydrogens (primary N) is 1. The van der Waals surface area contributed by atoms with Gasteiger partial charge < -0.3 is 10.6 Å². The molecule has 0 bridgehead atoms. The number of rotatable bonds is 2. The monoisotopic (exact) mass is 267 g/mol. The van der Waals surface area contributed by atoms with Gasteiger partial charge in [0.25, 0.3) is 0 Å². The fourth-order valence-corrected chi connectivity index (χ4v) is 2.28. The molecule has 2 amide bonds. The van der Waals surface area contributed by atoms with E-state index in [1.807, 2.05) is 0 Å². The standard InChI is InChI=1S/C11H17N5OS/c1-7-3-2-4-16(6-7)11(17)14-10-8(9(12)18)5-13-15-10/h5,7H,2-4,6H2,1H3,(H2,12,18)(H2,13,14,15,17). The van der Waals surface area contributed by atoms with Gasteiger partial charge in [-0.2, -0.15) is 5.10 Å². The third-order valence-corrected chi connectivity index (χ3v) is 3.30. The second-order valence-corrected chi connectivity index (χ2v) is 5.09. The number of carbonyl (C=O) groups is 1. The van der Waals surface area contributed by atoms with Crippen LogP contribution in [0.4, 0.5) is 10.6 Å². The molecule has 1 aromatic rings. The summed E-state index contributed by atoms with van der Waals surface area (Å²) in [5.41, 5.74) is 6.10. The van der Waals surface area contributed by atoms with Gasteiger partial charge in [0.1, 0.15) is 10.8 Å². The first-order valence-electron chi connectivity index (χ1n) is 5.97. The van der Waals surface area contributed by atoms with Crippen LogP contribution in [0.5, 0.6) is 0 Å². The number of anilines is 1. The number of piperidine rings is 1. The van der Waals surface area contributed by atoms with Crippen LogP contribution in [0.1, 0.15) is 25.3 Å². The SMILES string of the molecule is CC1CCCN(C(=O)Nc2[nH]ncc2C(N)=S)C1. The van der Waals surface area contributed by atoms with Gasteiger partial charge in [-0.1, -0.05) is 19.1 Å². The smallest absolute Gasteiger partial charge is 0.323 e. The molecule has 1 aromatic heterocycles. The van der Waals surface area contributed by atoms with Crippen LogP contribution in [0.15, 0.2) is 6.20 Å². The summed E-state index contributed by atoms with van der Waals surface area (Å²) in [6.45, 7) is 3.71. The Kier molecular flexibility index (Phi) is 3.81. The molecule has 0 aliphatic carbocycles. The van der Waals surface area contributed by atoms with E-state index in [4.69, 9.17) is 18.0 Å². The lowest BCUT2D eigenvalue weighted by Crippen LogP contribution is -2.41. The Balaban J connectivity index is 2.02. The summed E-state index contributed by atoms with van der Waals surface area (Å²) < 4.78 is 0. The molecule has 1 unspecified atom stereocenters. The highest BCUT2D eigenvalue weighted by Crippen LogP contribution is 2.17. The van der Waals surface area contributed by atoms with Crippen LogP contribution in [-0.2, 0) is 0 Å². The van der Waals surface area contributed by atoms with Crippen molar-refractivity contribution in [2.24, 2.45) is 11.7 Å². The first kappa shape index (κ1) is 12.8. The number of hydrogen-bond acceptors (Lipinski definition) is 3. The van der Waals surface area contributed by atoms with Crippen LogP contribution < -0.4 is 11.1 Å². The molecular formula is C11H17N5OS. The van der Waals surface area contributed by atoms with Crippen LogP contribution in [0.25, 0.3) is 0 Å². The minimum atomic E-state index is -0.136. The molecule has 1 saturated heterocycles. The number of carbonyl (C=O) groups excluding carboxylic acids is 1. The average molecular weight is 267 g/mol. The predicted octanol–water partition coefficient (Wildman–Crippen LogP) is 1.31. The molecule has 1 aliphatic heterocycles. The van der Waals surface area contributed by atoms with E-state index in [0.717, 1.165) is 19.5 Å². The maximum atomic E-state index is 12.1. The highest BCUT2D eigenvalue weighted by Gasteiger charge is 2.22. The van der Waals surface area contributed by atoms with E-state index in [2.05, 4.69) is 22.4 Å². The number of nitrogens with one attached hydrogen (secondary N) is 2. The number of aromatic amines is 1. The summed E-state index contributed by atoms with van der Waals surface area (Å²) in [5, 5.41) is 9.29. The zero-order valence-electron chi connectivity index (χ0n) is 10.3. The fourth-order valence-electron chi connectivity index (χ4n) is 2.13. The molecule has 0 aromatic carbocycles. The second-order valence-electron chi connectivity index (χ2n) is 4.65. The molecular weight excluding hydrogens is 250 g/mol. The molecule has 1 atom stereocenters. The largest absolute Gasteiger partial charge is 0.389 e. The van der Waals surface area contributed by atoms with Crippen molar-refractivity contribution in [3.8, 4) is 0 Å². The molecule has 0 spiro atoms. The molecule has 7 heteroatoms. The quantitative estimate of drug-likeness (QED) is 0.705. The topological polar surface area (TPSA) is 87.0 Å². The van der Waals surface area contributed by atoms with Gasteiger partial charge in [-0.15, -0.1) is 0 Å². The van der Waals surface area contributed by atoms with Gasteiger partial charge in [-0.3, -0.25) is 10.4 Å². The minimum Gasteiger partial charge on any atom is -0.389 e. The number of aromatic nitrogens is 2. The predicted molar refractivity (Wildman–Crippen MR) is 73.5 cm³/mol. The maximum Gasteiger partial charge on any atom is 0.323 e. The Morgan fingerprint density at radius 3 is 3.17 bits per heavy atom. The molecule has 2 heterocycles. The van der Waals surface area contributed by atoms with Crippen molar-refractivity contribution in [2.45, 2.75) is 19.8 Å². The summed E-state index contributed by atoms with van der Waals surface area (Å²) in [6.07, 6.45) is 3.72. The fraction of sp³-hybridized carbons (Fsp3) is 0.545. The third kappa shape index (κ3) is 2.79. The molecule has 98 valence electrons. The van der Waals surface area contributed by atoms with Gasteiger partial charge >= 0.3 is 6.03 Å². The second kappa shape index (κ2) is 5.34. The van der Waals surface area contributed by atoms with Gasteiger partial charge in [0.2, 0.25) is 0 Å². The third-order valence-electron chi connectivity index (χ3n) is 3.08. The van der Waals surface area contributed by atoms with Crippen LogP contribution in [0.3, 0.4) is 0 Å². The van der Waals surface area contributed by atoms with E-state index in [9.17, 15) is 4.79 Å². The summed E-state index contributed by atoms with van der Waals surface area (Å²) >= 11 is 4.88. The Bertz CT molecular complexity index is 458. The normalized spacial score (nSPS) is 19.6. The van der Waals surface area contributed by atoms with Crippen LogP contribution in [-0.4, -0.2) is 39.2 Å². The summed E-state index contributed by atoms with van der Waals surface area (Å²) in [7, 11) is 0. The van der Waals surface area contributed by atoms with Gasteiger partial charge in [0.15, 0.2) is 0 Å². The highest BCUT2D eigenvalue weighted by atomic mass is 32.1. The lowest BCUT2D eigenvalue weighted by atomic mass is 10.0. The summed E-state index contributed by atoms with van der Waals surface area (Å²) in [5.74, 6) is 1.01. The van der Waals surface area contributed by atoms with Crippen molar-refractivity contribution in [2.75, 3.05) is 18.4 Å². The minimum absolute atomic E-state index is 0.136. The van der Waals surface area contributed by atoms with Crippen molar-refractivity contribution in [3.63, 3.8) is 0 Å². The van der Waals surface area contributed by atoms with Crippen molar-refractivity contribution in [1.29, 1.82) is 0 Å². The molecule has 1 aliphatic rings. The highest BCUT2D eigenvalue weighted by molar-refractivity contribution is 7.80. The Morgan fingerprint density at radius 2 is 2.50 bits per heavy atom. The zero-order chi connectivity index (χ0) is 13.1. The van der Waals surface area contributed by atoms with Gasteiger partial charge in [-0.25, -0.2) is 4.79 Å². The Hall–Kier alpha value is -1.63. The number of H-pyrrole nitrogens is 1. The molecule has 2 rings (SSSR count). The molecule has 0 radical (unpaired) electrons. The van der Waals surface area contributed by atoms with E-state index < -0.39 is 0 Å². The Labute approximate surface area is 111 Å². The number of hydrogen-bond donors (Lipinski definition) is 3. The first-order valence-corrected chi connectivity index (χ1v) is 6.38. The molecule has 18 heavy (non-hydrogen) atoms.